The second kappa shape index (κ2) is 6.54. The van der Waals surface area contributed by atoms with Crippen molar-refractivity contribution in [1.29, 1.82) is 5.26 Å². The van der Waals surface area contributed by atoms with E-state index in [2.05, 4.69) is 11.1 Å². The minimum absolute atomic E-state index is 0.0372. The Kier molecular flexibility index (Phi) is 4.07. The molecule has 0 amide bonds. The summed E-state index contributed by atoms with van der Waals surface area (Å²) < 4.78 is 2.01. The number of nitriles is 1. The fourth-order valence-electron chi connectivity index (χ4n) is 3.08. The normalized spacial score (nSPS) is 10.9. The van der Waals surface area contributed by atoms with Gasteiger partial charge in [-0.3, -0.25) is 9.78 Å². The van der Waals surface area contributed by atoms with Gasteiger partial charge in [-0.25, -0.2) is 0 Å². The number of fused-ring (bicyclic) bond motifs is 2. The molecule has 0 aliphatic carbocycles. The summed E-state index contributed by atoms with van der Waals surface area (Å²) >= 11 is 1.25. The highest BCUT2D eigenvalue weighted by Crippen LogP contribution is 2.34. The molecule has 0 aliphatic heterocycles. The topological polar surface area (TPSA) is 78.9 Å². The summed E-state index contributed by atoms with van der Waals surface area (Å²) in [4.78, 5) is 15.4. The number of benzene rings is 2. The van der Waals surface area contributed by atoms with Crippen molar-refractivity contribution in [3.63, 3.8) is 0 Å². The molecule has 0 saturated carbocycles. The van der Waals surface area contributed by atoms with Gasteiger partial charge in [0, 0.05) is 17.0 Å². The molecule has 2 aromatic carbocycles. The SMILES string of the molecule is N#Cc1ccc(-n2c(SCC(=O)O)cc3ncccc32)c2ccccc12. The smallest absolute Gasteiger partial charge is 0.313 e. The van der Waals surface area contributed by atoms with E-state index in [0.717, 1.165) is 32.5 Å². The molecule has 26 heavy (non-hydrogen) atoms. The molecular formula is C20H13N3O2S. The highest BCUT2D eigenvalue weighted by molar-refractivity contribution is 7.99. The third-order valence-corrected chi connectivity index (χ3v) is 5.13. The summed E-state index contributed by atoms with van der Waals surface area (Å²) in [6.45, 7) is 0. The average Bonchev–Trinajstić information content (AvgIpc) is 3.03. The molecule has 2 aromatic heterocycles. The highest BCUT2D eigenvalue weighted by Gasteiger charge is 2.16. The Bertz CT molecular complexity index is 1190. The molecule has 6 heteroatoms. The van der Waals surface area contributed by atoms with Crippen LogP contribution in [0.4, 0.5) is 0 Å². The first kappa shape index (κ1) is 16.2. The van der Waals surface area contributed by atoms with Gasteiger partial charge in [0.25, 0.3) is 0 Å². The fraction of sp³-hybridized carbons (Fsp3) is 0.0500. The van der Waals surface area contributed by atoms with E-state index < -0.39 is 5.97 Å². The predicted octanol–water partition coefficient (Wildman–Crippen LogP) is 4.23. The van der Waals surface area contributed by atoms with Gasteiger partial charge in [-0.2, -0.15) is 5.26 Å². The van der Waals surface area contributed by atoms with Crippen molar-refractivity contribution in [2.45, 2.75) is 5.03 Å². The molecule has 0 saturated heterocycles. The van der Waals surface area contributed by atoms with Crippen LogP contribution in [0.1, 0.15) is 5.56 Å². The van der Waals surface area contributed by atoms with Crippen molar-refractivity contribution in [1.82, 2.24) is 9.55 Å². The number of rotatable bonds is 4. The van der Waals surface area contributed by atoms with E-state index in [-0.39, 0.29) is 5.75 Å². The number of carboxylic acids is 1. The van der Waals surface area contributed by atoms with Crippen LogP contribution in [0.15, 0.2) is 65.8 Å². The zero-order valence-corrected chi connectivity index (χ0v) is 14.4. The Morgan fingerprint density at radius 3 is 2.73 bits per heavy atom. The Hall–Kier alpha value is -3.30. The largest absolute Gasteiger partial charge is 0.481 e. The quantitative estimate of drug-likeness (QED) is 0.552. The number of thioether (sulfide) groups is 1. The molecule has 0 aliphatic rings. The maximum absolute atomic E-state index is 11.0. The molecule has 126 valence electrons. The van der Waals surface area contributed by atoms with Crippen molar-refractivity contribution in [2.75, 3.05) is 5.75 Å². The first-order valence-corrected chi connectivity index (χ1v) is 8.91. The molecule has 4 aromatic rings. The van der Waals surface area contributed by atoms with Gasteiger partial charge in [0.1, 0.15) is 0 Å². The highest BCUT2D eigenvalue weighted by atomic mass is 32.2. The lowest BCUT2D eigenvalue weighted by molar-refractivity contribution is -0.133. The number of pyridine rings is 1. The van der Waals surface area contributed by atoms with Crippen molar-refractivity contribution in [3.8, 4) is 11.8 Å². The van der Waals surface area contributed by atoms with Gasteiger partial charge in [0.2, 0.25) is 0 Å². The summed E-state index contributed by atoms with van der Waals surface area (Å²) in [5.41, 5.74) is 3.21. The third-order valence-electron chi connectivity index (χ3n) is 4.14. The molecular weight excluding hydrogens is 346 g/mol. The Balaban J connectivity index is 2.03. The molecule has 4 rings (SSSR count). The van der Waals surface area contributed by atoms with Crippen molar-refractivity contribution >= 4 is 39.5 Å². The van der Waals surface area contributed by atoms with Gasteiger partial charge in [0.15, 0.2) is 0 Å². The summed E-state index contributed by atoms with van der Waals surface area (Å²) in [5, 5.41) is 21.1. The maximum Gasteiger partial charge on any atom is 0.313 e. The lowest BCUT2D eigenvalue weighted by Crippen LogP contribution is -2.02. The lowest BCUT2D eigenvalue weighted by Gasteiger charge is -2.13. The molecule has 2 heterocycles. The third kappa shape index (κ3) is 2.68. The summed E-state index contributed by atoms with van der Waals surface area (Å²) in [7, 11) is 0. The Morgan fingerprint density at radius 2 is 1.96 bits per heavy atom. The number of hydrogen-bond acceptors (Lipinski definition) is 4. The van der Waals surface area contributed by atoms with E-state index in [9.17, 15) is 10.1 Å². The van der Waals surface area contributed by atoms with E-state index in [4.69, 9.17) is 5.11 Å². The Labute approximate surface area is 153 Å². The lowest BCUT2D eigenvalue weighted by atomic mass is 10.0. The summed E-state index contributed by atoms with van der Waals surface area (Å²) in [5.74, 6) is -0.908. The van der Waals surface area contributed by atoms with Gasteiger partial charge in [0.05, 0.1) is 39.1 Å². The maximum atomic E-state index is 11.0. The number of aromatic nitrogens is 2. The zero-order chi connectivity index (χ0) is 18.1. The van der Waals surface area contributed by atoms with E-state index in [1.165, 1.54) is 11.8 Å². The van der Waals surface area contributed by atoms with Gasteiger partial charge in [-0.1, -0.05) is 36.0 Å². The number of carbonyl (C=O) groups is 1. The fourth-order valence-corrected chi connectivity index (χ4v) is 3.87. The van der Waals surface area contributed by atoms with E-state index in [0.29, 0.717) is 5.56 Å². The van der Waals surface area contributed by atoms with Gasteiger partial charge < -0.3 is 9.67 Å². The van der Waals surface area contributed by atoms with E-state index >= 15 is 0 Å². The van der Waals surface area contributed by atoms with Gasteiger partial charge in [-0.05, 0) is 30.3 Å². The van der Waals surface area contributed by atoms with Crippen molar-refractivity contribution < 1.29 is 9.90 Å². The van der Waals surface area contributed by atoms with Gasteiger partial charge in [-0.15, -0.1) is 0 Å². The van der Waals surface area contributed by atoms with Crippen LogP contribution < -0.4 is 0 Å². The minimum atomic E-state index is -0.871. The number of hydrogen-bond donors (Lipinski definition) is 1. The minimum Gasteiger partial charge on any atom is -0.481 e. The molecule has 5 nitrogen and oxygen atoms in total. The monoisotopic (exact) mass is 359 g/mol. The van der Waals surface area contributed by atoms with E-state index in [1.807, 2.05) is 53.1 Å². The molecule has 0 unspecified atom stereocenters. The van der Waals surface area contributed by atoms with E-state index in [1.54, 1.807) is 12.3 Å². The van der Waals surface area contributed by atoms with Crippen molar-refractivity contribution in [3.05, 3.63) is 66.4 Å². The molecule has 0 radical (unpaired) electrons. The number of aliphatic carboxylic acids is 1. The first-order chi connectivity index (χ1) is 12.7. The second-order valence-electron chi connectivity index (χ2n) is 5.70. The van der Waals surface area contributed by atoms with Crippen LogP contribution in [-0.4, -0.2) is 26.4 Å². The molecule has 0 fully saturated rings. The molecule has 0 spiro atoms. The molecule has 0 atom stereocenters. The predicted molar refractivity (Wildman–Crippen MR) is 102 cm³/mol. The summed E-state index contributed by atoms with van der Waals surface area (Å²) in [6, 6.07) is 19.4. The van der Waals surface area contributed by atoms with Crippen LogP contribution >= 0.6 is 11.8 Å². The van der Waals surface area contributed by atoms with Crippen LogP contribution in [0.2, 0.25) is 0 Å². The van der Waals surface area contributed by atoms with Crippen LogP contribution in [0.25, 0.3) is 27.5 Å². The van der Waals surface area contributed by atoms with Crippen molar-refractivity contribution in [2.24, 2.45) is 0 Å². The average molecular weight is 359 g/mol. The zero-order valence-electron chi connectivity index (χ0n) is 13.6. The van der Waals surface area contributed by atoms with Crippen LogP contribution in [-0.2, 0) is 4.79 Å². The van der Waals surface area contributed by atoms with Gasteiger partial charge >= 0.3 is 5.97 Å². The van der Waals surface area contributed by atoms with Crippen LogP contribution in [0.5, 0.6) is 0 Å². The second-order valence-corrected chi connectivity index (χ2v) is 6.69. The summed E-state index contributed by atoms with van der Waals surface area (Å²) in [6.07, 6.45) is 1.72. The Morgan fingerprint density at radius 1 is 1.15 bits per heavy atom. The number of carboxylic acid groups (broad SMARTS) is 1. The molecule has 0 bridgehead atoms. The van der Waals surface area contributed by atoms with Crippen LogP contribution in [0, 0.1) is 11.3 Å². The van der Waals surface area contributed by atoms with Crippen LogP contribution in [0.3, 0.4) is 0 Å². The number of nitrogens with zero attached hydrogens (tertiary/aromatic N) is 3. The standard InChI is InChI=1S/C20H13N3O2S/c21-11-13-7-8-17(15-5-2-1-4-14(13)15)23-18-6-3-9-22-16(18)10-19(23)26-12-20(24)25/h1-10H,12H2,(H,24,25). The first-order valence-electron chi connectivity index (χ1n) is 7.92. The molecule has 1 N–H and O–H groups in total.